The standard InChI is InChI=1S/C15H16BrFN2S/c16-13-3-1-2-12(14(13)17)15(11-4-9-20-10-11)19-7-5-18-6-8-19/h1-4,9-10,15,18H,5-8H2/t15-/m0/s1. The molecule has 1 aliphatic rings. The van der Waals surface area contributed by atoms with E-state index in [9.17, 15) is 4.39 Å². The molecule has 1 saturated heterocycles. The maximum atomic E-state index is 14.5. The fraction of sp³-hybridized carbons (Fsp3) is 0.333. The van der Waals surface area contributed by atoms with Crippen molar-refractivity contribution < 1.29 is 4.39 Å². The molecule has 0 amide bonds. The molecule has 20 heavy (non-hydrogen) atoms. The highest BCUT2D eigenvalue weighted by Gasteiger charge is 2.27. The lowest BCUT2D eigenvalue weighted by atomic mass is 9.98. The van der Waals surface area contributed by atoms with Crippen molar-refractivity contribution in [2.45, 2.75) is 6.04 Å². The molecule has 1 atom stereocenters. The summed E-state index contributed by atoms with van der Waals surface area (Å²) in [5, 5.41) is 7.52. The van der Waals surface area contributed by atoms with Crippen LogP contribution in [0.1, 0.15) is 17.2 Å². The minimum atomic E-state index is -0.151. The summed E-state index contributed by atoms with van der Waals surface area (Å²) in [6.07, 6.45) is 0. The lowest BCUT2D eigenvalue weighted by molar-refractivity contribution is 0.195. The molecule has 0 unspecified atom stereocenters. The Kier molecular flexibility index (Phi) is 4.51. The Morgan fingerprint density at radius 3 is 2.75 bits per heavy atom. The molecule has 0 spiro atoms. The van der Waals surface area contributed by atoms with Crippen molar-refractivity contribution in [3.63, 3.8) is 0 Å². The van der Waals surface area contributed by atoms with E-state index in [2.05, 4.69) is 43.0 Å². The molecular weight excluding hydrogens is 339 g/mol. The highest BCUT2D eigenvalue weighted by atomic mass is 79.9. The van der Waals surface area contributed by atoms with E-state index in [1.165, 1.54) is 5.56 Å². The molecule has 0 aliphatic carbocycles. The van der Waals surface area contributed by atoms with Crippen LogP contribution in [0.3, 0.4) is 0 Å². The second-order valence-corrected chi connectivity index (χ2v) is 6.52. The summed E-state index contributed by atoms with van der Waals surface area (Å²) in [5.41, 5.74) is 1.92. The molecule has 2 aromatic rings. The van der Waals surface area contributed by atoms with E-state index in [4.69, 9.17) is 0 Å². The maximum absolute atomic E-state index is 14.5. The summed E-state index contributed by atoms with van der Waals surface area (Å²) in [6.45, 7) is 3.78. The molecule has 1 N–H and O–H groups in total. The lowest BCUT2D eigenvalue weighted by Crippen LogP contribution is -2.45. The number of thiophene rings is 1. The summed E-state index contributed by atoms with van der Waals surface area (Å²) in [7, 11) is 0. The Morgan fingerprint density at radius 1 is 1.25 bits per heavy atom. The van der Waals surface area contributed by atoms with Gasteiger partial charge in [-0.1, -0.05) is 12.1 Å². The van der Waals surface area contributed by atoms with E-state index >= 15 is 0 Å². The number of rotatable bonds is 3. The first kappa shape index (κ1) is 14.2. The monoisotopic (exact) mass is 354 g/mol. The summed E-state index contributed by atoms with van der Waals surface area (Å²) in [4.78, 5) is 2.35. The molecule has 0 bridgehead atoms. The molecule has 106 valence electrons. The van der Waals surface area contributed by atoms with Crippen LogP contribution in [0.5, 0.6) is 0 Å². The molecule has 3 rings (SSSR count). The molecule has 0 saturated carbocycles. The third-order valence-corrected chi connectivity index (χ3v) is 4.97. The number of hydrogen-bond acceptors (Lipinski definition) is 3. The molecule has 1 aliphatic heterocycles. The number of nitrogens with one attached hydrogen (secondary N) is 1. The van der Waals surface area contributed by atoms with Gasteiger partial charge in [-0.15, -0.1) is 0 Å². The minimum Gasteiger partial charge on any atom is -0.314 e. The van der Waals surface area contributed by atoms with Crippen LogP contribution in [-0.2, 0) is 0 Å². The van der Waals surface area contributed by atoms with Gasteiger partial charge in [0, 0.05) is 31.7 Å². The third-order valence-electron chi connectivity index (χ3n) is 3.65. The van der Waals surface area contributed by atoms with Crippen molar-refractivity contribution in [2.24, 2.45) is 0 Å². The van der Waals surface area contributed by atoms with Gasteiger partial charge in [-0.25, -0.2) is 4.39 Å². The average Bonchev–Trinajstić information content (AvgIpc) is 2.99. The SMILES string of the molecule is Fc1c(Br)cccc1[C@H](c1ccsc1)N1CCNCC1. The van der Waals surface area contributed by atoms with Gasteiger partial charge in [0.25, 0.3) is 0 Å². The Labute approximate surface area is 130 Å². The highest BCUT2D eigenvalue weighted by Crippen LogP contribution is 2.34. The lowest BCUT2D eigenvalue weighted by Gasteiger charge is -2.35. The highest BCUT2D eigenvalue weighted by molar-refractivity contribution is 9.10. The van der Waals surface area contributed by atoms with Crippen LogP contribution in [0.15, 0.2) is 39.5 Å². The van der Waals surface area contributed by atoms with E-state index < -0.39 is 0 Å². The largest absolute Gasteiger partial charge is 0.314 e. The molecule has 1 fully saturated rings. The van der Waals surface area contributed by atoms with Gasteiger partial charge in [0.1, 0.15) is 5.82 Å². The van der Waals surface area contributed by atoms with Crippen molar-refractivity contribution in [2.75, 3.05) is 26.2 Å². The summed E-state index contributed by atoms with van der Waals surface area (Å²) in [6, 6.07) is 7.65. The topological polar surface area (TPSA) is 15.3 Å². The van der Waals surface area contributed by atoms with E-state index in [0.29, 0.717) is 4.47 Å². The number of piperazine rings is 1. The average molecular weight is 355 g/mol. The van der Waals surface area contributed by atoms with Crippen molar-refractivity contribution in [1.29, 1.82) is 0 Å². The number of nitrogens with zero attached hydrogens (tertiary/aromatic N) is 1. The molecular formula is C15H16BrFN2S. The first-order chi connectivity index (χ1) is 9.77. The van der Waals surface area contributed by atoms with Crippen LogP contribution in [0.2, 0.25) is 0 Å². The smallest absolute Gasteiger partial charge is 0.142 e. The molecule has 0 radical (unpaired) electrons. The van der Waals surface area contributed by atoms with Crippen molar-refractivity contribution in [3.8, 4) is 0 Å². The Morgan fingerprint density at radius 2 is 2.05 bits per heavy atom. The minimum absolute atomic E-state index is 0.000787. The summed E-state index contributed by atoms with van der Waals surface area (Å²) in [5.74, 6) is -0.151. The maximum Gasteiger partial charge on any atom is 0.142 e. The van der Waals surface area contributed by atoms with Crippen LogP contribution in [0.25, 0.3) is 0 Å². The van der Waals surface area contributed by atoms with E-state index in [1.54, 1.807) is 17.4 Å². The van der Waals surface area contributed by atoms with Gasteiger partial charge < -0.3 is 5.32 Å². The molecule has 2 heterocycles. The number of hydrogen-bond donors (Lipinski definition) is 1. The second-order valence-electron chi connectivity index (χ2n) is 4.89. The Balaban J connectivity index is 2.03. The van der Waals surface area contributed by atoms with E-state index in [-0.39, 0.29) is 11.9 Å². The van der Waals surface area contributed by atoms with Gasteiger partial charge in [-0.3, -0.25) is 4.90 Å². The Hall–Kier alpha value is -0.750. The summed E-state index contributed by atoms with van der Waals surface area (Å²) < 4.78 is 15.0. The molecule has 5 heteroatoms. The van der Waals surface area contributed by atoms with Crippen LogP contribution < -0.4 is 5.32 Å². The zero-order valence-electron chi connectivity index (χ0n) is 11.0. The third kappa shape index (κ3) is 2.81. The van der Waals surface area contributed by atoms with Crippen LogP contribution >= 0.6 is 27.3 Å². The van der Waals surface area contributed by atoms with Crippen LogP contribution in [0, 0.1) is 5.82 Å². The molecule has 1 aromatic carbocycles. The predicted octanol–water partition coefficient (Wildman–Crippen LogP) is 3.64. The first-order valence-electron chi connectivity index (χ1n) is 6.68. The van der Waals surface area contributed by atoms with E-state index in [0.717, 1.165) is 31.7 Å². The quantitative estimate of drug-likeness (QED) is 0.904. The van der Waals surface area contributed by atoms with Crippen LogP contribution in [0.4, 0.5) is 4.39 Å². The van der Waals surface area contributed by atoms with Crippen molar-refractivity contribution >= 4 is 27.3 Å². The predicted molar refractivity (Wildman–Crippen MR) is 84.7 cm³/mol. The van der Waals surface area contributed by atoms with E-state index in [1.807, 2.05) is 12.1 Å². The van der Waals surface area contributed by atoms with Gasteiger partial charge >= 0.3 is 0 Å². The molecule has 1 aromatic heterocycles. The van der Waals surface area contributed by atoms with Gasteiger partial charge in [0.2, 0.25) is 0 Å². The second kappa shape index (κ2) is 6.35. The van der Waals surface area contributed by atoms with Gasteiger partial charge in [-0.05, 0) is 44.4 Å². The summed E-state index contributed by atoms with van der Waals surface area (Å²) >= 11 is 4.96. The number of halogens is 2. The first-order valence-corrected chi connectivity index (χ1v) is 8.41. The van der Waals surface area contributed by atoms with Gasteiger partial charge in [0.15, 0.2) is 0 Å². The fourth-order valence-electron chi connectivity index (χ4n) is 2.69. The van der Waals surface area contributed by atoms with Crippen LogP contribution in [-0.4, -0.2) is 31.1 Å². The Bertz CT molecular complexity index is 567. The zero-order chi connectivity index (χ0) is 13.9. The van der Waals surface area contributed by atoms with Crippen molar-refractivity contribution in [1.82, 2.24) is 10.2 Å². The molecule has 2 nitrogen and oxygen atoms in total. The number of benzene rings is 1. The normalized spacial score (nSPS) is 18.1. The van der Waals surface area contributed by atoms with Gasteiger partial charge in [-0.2, -0.15) is 11.3 Å². The van der Waals surface area contributed by atoms with Crippen molar-refractivity contribution in [3.05, 3.63) is 56.4 Å². The zero-order valence-corrected chi connectivity index (χ0v) is 13.4. The van der Waals surface area contributed by atoms with Gasteiger partial charge in [0.05, 0.1) is 10.5 Å². The fourth-order valence-corrected chi connectivity index (χ4v) is 3.75.